The van der Waals surface area contributed by atoms with E-state index in [1.54, 1.807) is 14.2 Å². The number of aromatic nitrogens is 1. The molecule has 0 saturated carbocycles. The number of methoxy groups -OCH3 is 2. The molecule has 262 valence electrons. The van der Waals surface area contributed by atoms with Crippen molar-refractivity contribution in [2.45, 2.75) is 53.0 Å². The summed E-state index contributed by atoms with van der Waals surface area (Å²) >= 11 is 0. The van der Waals surface area contributed by atoms with Gasteiger partial charge in [0, 0.05) is 53.7 Å². The molecule has 7 rings (SSSR count). The Balaban J connectivity index is 1.38. The molecular formula is C46H49NO4. The van der Waals surface area contributed by atoms with Gasteiger partial charge >= 0.3 is 0 Å². The van der Waals surface area contributed by atoms with Crippen LogP contribution in [0.5, 0.6) is 11.5 Å². The van der Waals surface area contributed by atoms with E-state index in [-0.39, 0.29) is 0 Å². The van der Waals surface area contributed by atoms with Gasteiger partial charge in [-0.05, 0) is 95.4 Å². The number of fused-ring (bicyclic) bond motifs is 5. The molecule has 0 aliphatic carbocycles. The number of unbranched alkanes of at least 4 members (excludes halogenated alkanes) is 3. The lowest BCUT2D eigenvalue weighted by Gasteiger charge is -2.20. The van der Waals surface area contributed by atoms with Crippen LogP contribution in [0.15, 0.2) is 97.1 Å². The first kappa shape index (κ1) is 34.6. The molecular weight excluding hydrogens is 631 g/mol. The van der Waals surface area contributed by atoms with Crippen LogP contribution in [0.1, 0.15) is 43.7 Å². The van der Waals surface area contributed by atoms with Gasteiger partial charge < -0.3 is 23.5 Å². The Labute approximate surface area is 301 Å². The summed E-state index contributed by atoms with van der Waals surface area (Å²) in [5.41, 5.74) is 9.58. The van der Waals surface area contributed by atoms with Crippen molar-refractivity contribution < 1.29 is 18.9 Å². The second-order valence-electron chi connectivity index (χ2n) is 13.7. The quantitative estimate of drug-likeness (QED) is 0.101. The fourth-order valence-corrected chi connectivity index (χ4v) is 7.48. The largest absolute Gasteiger partial charge is 0.491 e. The summed E-state index contributed by atoms with van der Waals surface area (Å²) in [6, 6.07) is 35.8. The fourth-order valence-electron chi connectivity index (χ4n) is 7.48. The van der Waals surface area contributed by atoms with Gasteiger partial charge in [-0.3, -0.25) is 0 Å². The van der Waals surface area contributed by atoms with E-state index in [1.165, 1.54) is 69.7 Å². The topological polar surface area (TPSA) is 41.9 Å². The molecule has 0 unspecified atom stereocenters. The normalized spacial score (nSPS) is 11.7. The van der Waals surface area contributed by atoms with E-state index in [1.807, 2.05) is 0 Å². The van der Waals surface area contributed by atoms with Crippen molar-refractivity contribution in [2.75, 3.05) is 40.6 Å². The smallest absolute Gasteiger partial charge is 0.128 e. The average Bonchev–Trinajstić information content (AvgIpc) is 3.45. The minimum Gasteiger partial charge on any atom is -0.491 e. The van der Waals surface area contributed by atoms with Crippen molar-refractivity contribution in [3.63, 3.8) is 0 Å². The summed E-state index contributed by atoms with van der Waals surface area (Å²) in [5, 5.41) is 7.18. The molecule has 0 spiro atoms. The van der Waals surface area contributed by atoms with Crippen LogP contribution < -0.4 is 9.47 Å². The molecule has 0 bridgehead atoms. The molecule has 0 fully saturated rings. The number of benzene rings is 6. The summed E-state index contributed by atoms with van der Waals surface area (Å²) in [4.78, 5) is 0. The number of nitrogens with zero attached hydrogens (tertiary/aromatic N) is 1. The lowest BCUT2D eigenvalue weighted by molar-refractivity contribution is 0.146. The third-order valence-corrected chi connectivity index (χ3v) is 10.0. The van der Waals surface area contributed by atoms with E-state index in [9.17, 15) is 0 Å². The van der Waals surface area contributed by atoms with E-state index in [4.69, 9.17) is 18.9 Å². The maximum Gasteiger partial charge on any atom is 0.128 e. The summed E-state index contributed by atoms with van der Waals surface area (Å²) in [7, 11) is 3.40. The van der Waals surface area contributed by atoms with Crippen LogP contribution in [0.25, 0.3) is 65.6 Å². The summed E-state index contributed by atoms with van der Waals surface area (Å²) < 4.78 is 26.1. The van der Waals surface area contributed by atoms with Gasteiger partial charge in [-0.25, -0.2) is 0 Å². The molecule has 51 heavy (non-hydrogen) atoms. The van der Waals surface area contributed by atoms with Crippen molar-refractivity contribution in [1.29, 1.82) is 0 Å². The molecule has 0 saturated heterocycles. The number of hydrogen-bond donors (Lipinski definition) is 0. The number of rotatable bonds is 15. The third-order valence-electron chi connectivity index (χ3n) is 10.0. The first-order valence-electron chi connectivity index (χ1n) is 18.4. The van der Waals surface area contributed by atoms with Crippen molar-refractivity contribution in [1.82, 2.24) is 4.57 Å². The molecule has 5 heteroatoms. The maximum absolute atomic E-state index is 6.44. The molecule has 7 aromatic rings. The summed E-state index contributed by atoms with van der Waals surface area (Å²) in [6.07, 6.45) is 4.99. The zero-order chi connectivity index (χ0) is 35.3. The molecule has 0 radical (unpaired) electrons. The van der Waals surface area contributed by atoms with Crippen LogP contribution in [0.2, 0.25) is 0 Å². The van der Waals surface area contributed by atoms with E-state index in [0.29, 0.717) is 26.4 Å². The minimum absolute atomic E-state index is 0.447. The molecule has 1 aromatic heterocycles. The fraction of sp³-hybridized carbons (Fsp3) is 0.304. The van der Waals surface area contributed by atoms with Gasteiger partial charge in [0.05, 0.1) is 13.2 Å². The van der Waals surface area contributed by atoms with Crippen LogP contribution in [-0.2, 0) is 16.0 Å². The second-order valence-corrected chi connectivity index (χ2v) is 13.7. The molecule has 0 amide bonds. The predicted octanol–water partition coefficient (Wildman–Crippen LogP) is 11.7. The maximum atomic E-state index is 6.44. The highest BCUT2D eigenvalue weighted by atomic mass is 16.5. The Bertz CT molecular complexity index is 2320. The zero-order valence-corrected chi connectivity index (χ0v) is 30.7. The van der Waals surface area contributed by atoms with Gasteiger partial charge in [0.2, 0.25) is 0 Å². The van der Waals surface area contributed by atoms with E-state index >= 15 is 0 Å². The number of aryl methyl sites for hydroxylation is 3. The number of hydrogen-bond acceptors (Lipinski definition) is 4. The van der Waals surface area contributed by atoms with Crippen LogP contribution in [0, 0.1) is 13.8 Å². The molecule has 0 aliphatic rings. The Morgan fingerprint density at radius 1 is 0.490 bits per heavy atom. The molecule has 0 N–H and O–H groups in total. The van der Waals surface area contributed by atoms with Crippen LogP contribution in [0.4, 0.5) is 0 Å². The van der Waals surface area contributed by atoms with Gasteiger partial charge in [-0.2, -0.15) is 0 Å². The SMILES string of the molecule is CCCCCCn1c2ccc(C)cc2c2cc(-c3ccc4c(-c5c(OCCOC)ccc6cc(C)ccc56)c(OCCOC)ccc4c3)ccc21. The van der Waals surface area contributed by atoms with E-state index < -0.39 is 0 Å². The average molecular weight is 680 g/mol. The first-order valence-corrected chi connectivity index (χ1v) is 18.4. The van der Waals surface area contributed by atoms with Crippen molar-refractivity contribution >= 4 is 43.4 Å². The standard InChI is InChI=1S/C46H49NO4/c1-6-7-8-9-22-47-41-18-11-32(3)28-39(41)40-30-34(13-19-42(40)47)33-12-17-38-36(29-33)15-21-44(51-26-24-49-5)46(38)45-37-16-10-31(2)27-35(37)14-20-43(45)50-25-23-48-4/h10-21,27-30H,6-9,22-26H2,1-5H3. The van der Waals surface area contributed by atoms with Gasteiger partial charge in [-0.1, -0.05) is 91.9 Å². The summed E-state index contributed by atoms with van der Waals surface area (Å²) in [5.74, 6) is 1.61. The van der Waals surface area contributed by atoms with Crippen LogP contribution in [-0.4, -0.2) is 45.2 Å². The molecule has 0 aliphatic heterocycles. The van der Waals surface area contributed by atoms with Crippen molar-refractivity contribution in [2.24, 2.45) is 0 Å². The van der Waals surface area contributed by atoms with E-state index in [2.05, 4.69) is 122 Å². The summed E-state index contributed by atoms with van der Waals surface area (Å²) in [6.45, 7) is 9.53. The monoisotopic (exact) mass is 679 g/mol. The highest BCUT2D eigenvalue weighted by Crippen LogP contribution is 2.46. The Hall–Kier alpha value is -4.84. The highest BCUT2D eigenvalue weighted by Gasteiger charge is 2.20. The predicted molar refractivity (Wildman–Crippen MR) is 214 cm³/mol. The molecule has 5 nitrogen and oxygen atoms in total. The molecule has 1 heterocycles. The Kier molecular flexibility index (Phi) is 10.6. The first-order chi connectivity index (χ1) is 25.0. The second kappa shape index (κ2) is 15.6. The lowest BCUT2D eigenvalue weighted by atomic mass is 9.90. The number of ether oxygens (including phenoxy) is 4. The molecule has 0 atom stereocenters. The van der Waals surface area contributed by atoms with Gasteiger partial charge in [0.25, 0.3) is 0 Å². The van der Waals surface area contributed by atoms with Crippen molar-refractivity contribution in [3.8, 4) is 33.8 Å². The van der Waals surface area contributed by atoms with Gasteiger partial charge in [0.1, 0.15) is 24.7 Å². The van der Waals surface area contributed by atoms with Crippen LogP contribution in [0.3, 0.4) is 0 Å². The van der Waals surface area contributed by atoms with Gasteiger partial charge in [0.15, 0.2) is 0 Å². The van der Waals surface area contributed by atoms with Crippen LogP contribution >= 0.6 is 0 Å². The Morgan fingerprint density at radius 2 is 1.04 bits per heavy atom. The lowest BCUT2D eigenvalue weighted by Crippen LogP contribution is -2.07. The van der Waals surface area contributed by atoms with Gasteiger partial charge in [-0.15, -0.1) is 0 Å². The zero-order valence-electron chi connectivity index (χ0n) is 30.7. The van der Waals surface area contributed by atoms with Crippen molar-refractivity contribution in [3.05, 3.63) is 108 Å². The van der Waals surface area contributed by atoms with E-state index in [0.717, 1.165) is 50.7 Å². The third kappa shape index (κ3) is 7.06. The molecule has 6 aromatic carbocycles. The Morgan fingerprint density at radius 3 is 1.71 bits per heavy atom. The minimum atomic E-state index is 0.447. The highest BCUT2D eigenvalue weighted by molar-refractivity contribution is 6.12.